The zero-order valence-corrected chi connectivity index (χ0v) is 15.0. The van der Waals surface area contributed by atoms with Crippen molar-refractivity contribution in [2.45, 2.75) is 25.2 Å². The number of para-hydroxylation sites is 2. The van der Waals surface area contributed by atoms with E-state index in [0.717, 1.165) is 11.5 Å². The minimum Gasteiger partial charge on any atom is -0.491 e. The Kier molecular flexibility index (Phi) is 6.10. The van der Waals surface area contributed by atoms with Crippen molar-refractivity contribution in [3.8, 4) is 17.2 Å². The summed E-state index contributed by atoms with van der Waals surface area (Å²) < 4.78 is 17.2. The number of quaternary nitrogens is 1. The van der Waals surface area contributed by atoms with Crippen LogP contribution in [0.5, 0.6) is 17.2 Å². The van der Waals surface area contributed by atoms with E-state index in [0.29, 0.717) is 18.9 Å². The lowest BCUT2D eigenvalue weighted by Crippen LogP contribution is -2.94. The van der Waals surface area contributed by atoms with Crippen LogP contribution in [0.2, 0.25) is 0 Å². The molecular weight excluding hydrogens is 352 g/mol. The Morgan fingerprint density at radius 1 is 1.26 bits per heavy atom. The molecule has 144 valence electrons. The number of nitro groups is 1. The smallest absolute Gasteiger partial charge is 0.269 e. The molecule has 0 bridgehead atoms. The Morgan fingerprint density at radius 3 is 2.67 bits per heavy atom. The molecule has 0 radical (unpaired) electrons. The molecule has 0 fully saturated rings. The van der Waals surface area contributed by atoms with Crippen LogP contribution in [0.15, 0.2) is 48.5 Å². The average Bonchev–Trinajstić information content (AvgIpc) is 2.70. The van der Waals surface area contributed by atoms with Crippen LogP contribution in [0.1, 0.15) is 6.92 Å². The van der Waals surface area contributed by atoms with Gasteiger partial charge in [-0.1, -0.05) is 12.1 Å². The van der Waals surface area contributed by atoms with E-state index < -0.39 is 11.0 Å². The SMILES string of the molecule is C[C@@H]([NH2+]C[C@H](O)COc1ccc([N+](=O)[O-])cc1)[C@@H]1COc2ccccc2O1. The van der Waals surface area contributed by atoms with E-state index >= 15 is 0 Å². The maximum atomic E-state index is 10.6. The minimum atomic E-state index is -0.681. The maximum absolute atomic E-state index is 10.6. The van der Waals surface area contributed by atoms with Gasteiger partial charge in [0.2, 0.25) is 0 Å². The fourth-order valence-corrected chi connectivity index (χ4v) is 2.74. The number of rotatable bonds is 8. The van der Waals surface area contributed by atoms with Crippen molar-refractivity contribution in [3.05, 3.63) is 58.6 Å². The number of nitrogens with two attached hydrogens (primary N) is 1. The van der Waals surface area contributed by atoms with Gasteiger partial charge >= 0.3 is 0 Å². The first kappa shape index (κ1) is 18.9. The van der Waals surface area contributed by atoms with Gasteiger partial charge in [0, 0.05) is 12.1 Å². The molecule has 0 saturated carbocycles. The van der Waals surface area contributed by atoms with Gasteiger partial charge in [0.25, 0.3) is 5.69 Å². The van der Waals surface area contributed by atoms with Crippen LogP contribution in [0.25, 0.3) is 0 Å². The summed E-state index contributed by atoms with van der Waals surface area (Å²) in [4.78, 5) is 10.2. The lowest BCUT2D eigenvalue weighted by Gasteiger charge is -2.29. The second kappa shape index (κ2) is 8.70. The predicted molar refractivity (Wildman–Crippen MR) is 97.2 cm³/mol. The molecule has 1 heterocycles. The van der Waals surface area contributed by atoms with Gasteiger partial charge in [-0.2, -0.15) is 0 Å². The number of aliphatic hydroxyl groups excluding tert-OH is 1. The highest BCUT2D eigenvalue weighted by Gasteiger charge is 2.28. The summed E-state index contributed by atoms with van der Waals surface area (Å²) in [6, 6.07) is 13.4. The van der Waals surface area contributed by atoms with Gasteiger partial charge in [-0.05, 0) is 31.2 Å². The van der Waals surface area contributed by atoms with E-state index in [9.17, 15) is 15.2 Å². The Hall–Kier alpha value is -2.84. The third-order valence-electron chi connectivity index (χ3n) is 4.39. The van der Waals surface area contributed by atoms with Gasteiger partial charge < -0.3 is 24.6 Å². The van der Waals surface area contributed by atoms with Gasteiger partial charge in [-0.3, -0.25) is 10.1 Å². The summed E-state index contributed by atoms with van der Waals surface area (Å²) in [5.41, 5.74) is 0.00123. The number of benzene rings is 2. The summed E-state index contributed by atoms with van der Waals surface area (Å²) in [6.45, 7) is 3.03. The average molecular weight is 375 g/mol. The fraction of sp³-hybridized carbons (Fsp3) is 0.368. The number of hydrogen-bond acceptors (Lipinski definition) is 6. The van der Waals surface area contributed by atoms with Crippen LogP contribution in [-0.2, 0) is 0 Å². The van der Waals surface area contributed by atoms with E-state index in [1.807, 2.05) is 36.5 Å². The van der Waals surface area contributed by atoms with Crippen LogP contribution in [-0.4, -0.2) is 48.0 Å². The highest BCUT2D eigenvalue weighted by molar-refractivity contribution is 5.40. The van der Waals surface area contributed by atoms with Crippen LogP contribution < -0.4 is 19.5 Å². The van der Waals surface area contributed by atoms with Gasteiger partial charge in [0.15, 0.2) is 17.6 Å². The van der Waals surface area contributed by atoms with Crippen molar-refractivity contribution in [1.82, 2.24) is 0 Å². The molecule has 1 aliphatic rings. The molecule has 3 atom stereocenters. The number of ether oxygens (including phenoxy) is 3. The molecule has 2 aromatic rings. The molecule has 0 amide bonds. The van der Waals surface area contributed by atoms with Gasteiger partial charge in [-0.25, -0.2) is 0 Å². The molecule has 27 heavy (non-hydrogen) atoms. The van der Waals surface area contributed by atoms with Gasteiger partial charge in [0.05, 0.1) is 4.92 Å². The standard InChI is InChI=1S/C19H22N2O6/c1-13(19-12-26-17-4-2-3-5-18(17)27-19)20-10-15(22)11-25-16-8-6-14(7-9-16)21(23)24/h2-9,13,15,19-20,22H,10-12H2,1H3/p+1/t13-,15+,19+/m1/s1. The molecule has 1 aliphatic heterocycles. The molecule has 0 unspecified atom stereocenters. The number of nitro benzene ring substituents is 1. The van der Waals surface area contributed by atoms with E-state index in [2.05, 4.69) is 0 Å². The Balaban J connectivity index is 1.41. The third-order valence-corrected chi connectivity index (χ3v) is 4.39. The zero-order valence-electron chi connectivity index (χ0n) is 15.0. The second-order valence-electron chi connectivity index (χ2n) is 6.46. The largest absolute Gasteiger partial charge is 0.491 e. The summed E-state index contributed by atoms with van der Waals surface area (Å²) in [6.07, 6.45) is -0.790. The first-order valence-electron chi connectivity index (χ1n) is 8.80. The first-order chi connectivity index (χ1) is 13.0. The van der Waals surface area contributed by atoms with E-state index in [-0.39, 0.29) is 24.4 Å². The summed E-state index contributed by atoms with van der Waals surface area (Å²) in [7, 11) is 0. The van der Waals surface area contributed by atoms with E-state index in [1.165, 1.54) is 24.3 Å². The van der Waals surface area contributed by atoms with Crippen LogP contribution in [0.3, 0.4) is 0 Å². The molecular formula is C19H23N2O6+. The molecule has 8 heteroatoms. The Labute approximate surface area is 156 Å². The van der Waals surface area contributed by atoms with Crippen molar-refractivity contribution in [3.63, 3.8) is 0 Å². The molecule has 0 spiro atoms. The number of fused-ring (bicyclic) bond motifs is 1. The van der Waals surface area contributed by atoms with Crippen molar-refractivity contribution >= 4 is 5.69 Å². The molecule has 8 nitrogen and oxygen atoms in total. The van der Waals surface area contributed by atoms with E-state index in [1.54, 1.807) is 0 Å². The predicted octanol–water partition coefficient (Wildman–Crippen LogP) is 1.13. The van der Waals surface area contributed by atoms with Crippen molar-refractivity contribution in [1.29, 1.82) is 0 Å². The Morgan fingerprint density at radius 2 is 1.96 bits per heavy atom. The summed E-state index contributed by atoms with van der Waals surface area (Å²) in [5.74, 6) is 1.96. The lowest BCUT2D eigenvalue weighted by atomic mass is 10.1. The van der Waals surface area contributed by atoms with Gasteiger partial charge in [-0.15, -0.1) is 0 Å². The normalized spacial score (nSPS) is 17.8. The van der Waals surface area contributed by atoms with Crippen molar-refractivity contribution in [2.75, 3.05) is 19.8 Å². The summed E-state index contributed by atoms with van der Waals surface area (Å²) in [5, 5.41) is 22.7. The summed E-state index contributed by atoms with van der Waals surface area (Å²) >= 11 is 0. The number of non-ortho nitro benzene ring substituents is 1. The van der Waals surface area contributed by atoms with Crippen molar-refractivity contribution < 1.29 is 29.6 Å². The third kappa shape index (κ3) is 5.08. The van der Waals surface area contributed by atoms with Crippen molar-refractivity contribution in [2.24, 2.45) is 0 Å². The van der Waals surface area contributed by atoms with Crippen LogP contribution >= 0.6 is 0 Å². The maximum Gasteiger partial charge on any atom is 0.269 e. The molecule has 0 aromatic heterocycles. The number of hydrogen-bond donors (Lipinski definition) is 2. The lowest BCUT2D eigenvalue weighted by molar-refractivity contribution is -0.698. The Bertz CT molecular complexity index is 767. The highest BCUT2D eigenvalue weighted by Crippen LogP contribution is 2.31. The first-order valence-corrected chi connectivity index (χ1v) is 8.80. The quantitative estimate of drug-likeness (QED) is 0.529. The minimum absolute atomic E-state index is 0.00123. The molecule has 0 saturated heterocycles. The van der Waals surface area contributed by atoms with Gasteiger partial charge in [0.1, 0.15) is 37.7 Å². The van der Waals surface area contributed by atoms with Crippen LogP contribution in [0, 0.1) is 10.1 Å². The molecule has 0 aliphatic carbocycles. The number of nitrogens with zero attached hydrogens (tertiary/aromatic N) is 1. The highest BCUT2D eigenvalue weighted by atomic mass is 16.6. The second-order valence-corrected chi connectivity index (χ2v) is 6.46. The molecule has 2 aromatic carbocycles. The molecule has 3 rings (SSSR count). The zero-order chi connectivity index (χ0) is 19.2. The number of aliphatic hydroxyl groups is 1. The monoisotopic (exact) mass is 375 g/mol. The molecule has 3 N–H and O–H groups in total. The van der Waals surface area contributed by atoms with Crippen LogP contribution in [0.4, 0.5) is 5.69 Å². The topological polar surface area (TPSA) is 108 Å². The van der Waals surface area contributed by atoms with E-state index in [4.69, 9.17) is 14.2 Å². The fourth-order valence-electron chi connectivity index (χ4n) is 2.74.